The van der Waals surface area contributed by atoms with Crippen LogP contribution < -0.4 is 10.6 Å². The highest BCUT2D eigenvalue weighted by Gasteiger charge is 2.11. The first kappa shape index (κ1) is 15.0. The van der Waals surface area contributed by atoms with Crippen molar-refractivity contribution in [3.8, 4) is 0 Å². The van der Waals surface area contributed by atoms with Crippen LogP contribution in [-0.4, -0.2) is 24.8 Å². The van der Waals surface area contributed by atoms with Crippen LogP contribution in [0.25, 0.3) is 0 Å². The van der Waals surface area contributed by atoms with E-state index in [0.717, 1.165) is 40.2 Å². The number of carbonyl (C=O) groups is 1. The summed E-state index contributed by atoms with van der Waals surface area (Å²) in [7, 11) is 0. The van der Waals surface area contributed by atoms with Gasteiger partial charge in [-0.15, -0.1) is 0 Å². The summed E-state index contributed by atoms with van der Waals surface area (Å²) in [5.41, 5.74) is 2.46. The largest absolute Gasteiger partial charge is 0.370 e. The maximum Gasteiger partial charge on any atom is 0.256 e. The van der Waals surface area contributed by atoms with Gasteiger partial charge >= 0.3 is 0 Å². The molecule has 1 amide bonds. The Labute approximate surface area is 143 Å². The average molecular weight is 405 g/mol. The van der Waals surface area contributed by atoms with E-state index in [-0.39, 0.29) is 5.91 Å². The lowest BCUT2D eigenvalue weighted by Crippen LogP contribution is -2.30. The smallest absolute Gasteiger partial charge is 0.256 e. The molecule has 3 rings (SSSR count). The molecule has 0 spiro atoms. The summed E-state index contributed by atoms with van der Waals surface area (Å²) in [5.74, 6) is 0.803. The summed E-state index contributed by atoms with van der Waals surface area (Å²) in [6.07, 6.45) is 1.06. The minimum atomic E-state index is -0.0966. The number of rotatable bonds is 3. The summed E-state index contributed by atoms with van der Waals surface area (Å²) in [5, 5.41) is 6.24. The van der Waals surface area contributed by atoms with E-state index in [1.165, 1.54) is 0 Å². The highest BCUT2D eigenvalue weighted by Crippen LogP contribution is 2.16. The quantitative estimate of drug-likeness (QED) is 0.771. The van der Waals surface area contributed by atoms with Crippen LogP contribution in [0.2, 0.25) is 0 Å². The molecule has 4 nitrogen and oxygen atoms in total. The van der Waals surface area contributed by atoms with Crippen LogP contribution in [0.5, 0.6) is 0 Å². The highest BCUT2D eigenvalue weighted by molar-refractivity contribution is 14.1. The second kappa shape index (κ2) is 6.91. The minimum Gasteiger partial charge on any atom is -0.370 e. The zero-order valence-corrected chi connectivity index (χ0v) is 14.1. The molecule has 1 heterocycles. The van der Waals surface area contributed by atoms with E-state index in [4.69, 9.17) is 0 Å². The molecule has 1 aliphatic heterocycles. The molecular formula is C17H16IN3O. The average Bonchev–Trinajstić information content (AvgIpc) is 2.56. The fourth-order valence-electron chi connectivity index (χ4n) is 2.31. The van der Waals surface area contributed by atoms with Crippen LogP contribution in [0.4, 0.5) is 5.69 Å². The lowest BCUT2D eigenvalue weighted by atomic mass is 10.1. The summed E-state index contributed by atoms with van der Waals surface area (Å²) in [6, 6.07) is 15.3. The van der Waals surface area contributed by atoms with Gasteiger partial charge in [0, 0.05) is 27.9 Å². The van der Waals surface area contributed by atoms with Gasteiger partial charge in [-0.3, -0.25) is 9.79 Å². The van der Waals surface area contributed by atoms with Gasteiger partial charge in [0.25, 0.3) is 5.91 Å². The Morgan fingerprint density at radius 2 is 2.05 bits per heavy atom. The molecule has 0 bridgehead atoms. The first-order valence-electron chi connectivity index (χ1n) is 7.19. The van der Waals surface area contributed by atoms with Crippen molar-refractivity contribution in [3.63, 3.8) is 0 Å². The van der Waals surface area contributed by atoms with Crippen molar-refractivity contribution in [2.24, 2.45) is 4.99 Å². The molecule has 2 aromatic rings. The second-order valence-electron chi connectivity index (χ2n) is 5.03. The van der Waals surface area contributed by atoms with E-state index in [0.29, 0.717) is 5.56 Å². The SMILES string of the molecule is O=C(Nc1cccc(C2=NCCCN2)c1)c1ccccc1I. The standard InChI is InChI=1S/C17H16IN3O/c18-15-8-2-1-7-14(15)17(22)21-13-6-3-5-12(11-13)16-19-9-4-10-20-16/h1-3,5-8,11H,4,9-10H2,(H,19,20)(H,21,22). The number of nitrogens with one attached hydrogen (secondary N) is 2. The Balaban J connectivity index is 1.80. The van der Waals surface area contributed by atoms with Gasteiger partial charge < -0.3 is 10.6 Å². The number of hydrogen-bond acceptors (Lipinski definition) is 3. The fraction of sp³-hybridized carbons (Fsp3) is 0.176. The van der Waals surface area contributed by atoms with E-state index in [1.807, 2.05) is 48.5 Å². The van der Waals surface area contributed by atoms with Crippen molar-refractivity contribution in [2.45, 2.75) is 6.42 Å². The molecule has 0 saturated heterocycles. The van der Waals surface area contributed by atoms with E-state index in [1.54, 1.807) is 0 Å². The number of aliphatic imine (C=N–C) groups is 1. The first-order chi connectivity index (χ1) is 10.7. The predicted molar refractivity (Wildman–Crippen MR) is 97.6 cm³/mol. The Hall–Kier alpha value is -1.89. The molecule has 0 radical (unpaired) electrons. The molecular weight excluding hydrogens is 389 g/mol. The number of hydrogen-bond donors (Lipinski definition) is 2. The van der Waals surface area contributed by atoms with Crippen molar-refractivity contribution >= 4 is 40.0 Å². The van der Waals surface area contributed by atoms with E-state index in [2.05, 4.69) is 38.2 Å². The Morgan fingerprint density at radius 3 is 2.82 bits per heavy atom. The highest BCUT2D eigenvalue weighted by atomic mass is 127. The summed E-state index contributed by atoms with van der Waals surface area (Å²) in [6.45, 7) is 1.79. The lowest BCUT2D eigenvalue weighted by Gasteiger charge is -2.15. The maximum absolute atomic E-state index is 12.4. The third-order valence-electron chi connectivity index (χ3n) is 3.41. The number of nitrogens with zero attached hydrogens (tertiary/aromatic N) is 1. The van der Waals surface area contributed by atoms with Crippen molar-refractivity contribution in [3.05, 3.63) is 63.2 Å². The molecule has 0 aliphatic carbocycles. The van der Waals surface area contributed by atoms with Gasteiger partial charge in [-0.2, -0.15) is 0 Å². The van der Waals surface area contributed by atoms with E-state index >= 15 is 0 Å². The number of anilines is 1. The monoisotopic (exact) mass is 405 g/mol. The number of benzene rings is 2. The van der Waals surface area contributed by atoms with Crippen LogP contribution in [0.15, 0.2) is 53.5 Å². The Bertz CT molecular complexity index is 727. The van der Waals surface area contributed by atoms with Gasteiger partial charge in [-0.05, 0) is 53.3 Å². The van der Waals surface area contributed by atoms with Gasteiger partial charge in [0.2, 0.25) is 0 Å². The zero-order chi connectivity index (χ0) is 15.4. The second-order valence-corrected chi connectivity index (χ2v) is 6.19. The predicted octanol–water partition coefficient (Wildman–Crippen LogP) is 3.28. The topological polar surface area (TPSA) is 53.5 Å². The van der Waals surface area contributed by atoms with Crippen LogP contribution in [0.3, 0.4) is 0 Å². The first-order valence-corrected chi connectivity index (χ1v) is 8.26. The Kier molecular flexibility index (Phi) is 4.72. The van der Waals surface area contributed by atoms with Crippen LogP contribution >= 0.6 is 22.6 Å². The molecule has 2 aromatic carbocycles. The van der Waals surface area contributed by atoms with Gasteiger partial charge in [0.15, 0.2) is 0 Å². The summed E-state index contributed by atoms with van der Waals surface area (Å²) < 4.78 is 0.937. The van der Waals surface area contributed by atoms with Crippen LogP contribution in [0, 0.1) is 3.57 Å². The maximum atomic E-state index is 12.4. The lowest BCUT2D eigenvalue weighted by molar-refractivity contribution is 0.102. The molecule has 0 aromatic heterocycles. The van der Waals surface area contributed by atoms with Crippen molar-refractivity contribution in [1.82, 2.24) is 5.32 Å². The third kappa shape index (κ3) is 3.47. The van der Waals surface area contributed by atoms with E-state index < -0.39 is 0 Å². The molecule has 112 valence electrons. The zero-order valence-electron chi connectivity index (χ0n) is 12.0. The van der Waals surface area contributed by atoms with Crippen molar-refractivity contribution in [2.75, 3.05) is 18.4 Å². The summed E-state index contributed by atoms with van der Waals surface area (Å²) in [4.78, 5) is 16.8. The van der Waals surface area contributed by atoms with Gasteiger partial charge in [0.1, 0.15) is 5.84 Å². The number of halogens is 1. The van der Waals surface area contributed by atoms with Gasteiger partial charge in [0.05, 0.1) is 5.56 Å². The van der Waals surface area contributed by atoms with Crippen LogP contribution in [0.1, 0.15) is 22.3 Å². The van der Waals surface area contributed by atoms with Crippen LogP contribution in [-0.2, 0) is 0 Å². The number of amides is 1. The minimum absolute atomic E-state index is 0.0966. The third-order valence-corrected chi connectivity index (χ3v) is 4.35. The van der Waals surface area contributed by atoms with Crippen molar-refractivity contribution in [1.29, 1.82) is 0 Å². The molecule has 22 heavy (non-hydrogen) atoms. The molecule has 5 heteroatoms. The Morgan fingerprint density at radius 1 is 1.18 bits per heavy atom. The molecule has 0 atom stereocenters. The van der Waals surface area contributed by atoms with Gasteiger partial charge in [-0.25, -0.2) is 0 Å². The molecule has 0 fully saturated rings. The molecule has 0 saturated carbocycles. The fourth-order valence-corrected chi connectivity index (χ4v) is 2.95. The van der Waals surface area contributed by atoms with E-state index in [9.17, 15) is 4.79 Å². The number of amidine groups is 1. The normalized spacial score (nSPS) is 14.0. The molecule has 1 aliphatic rings. The number of carbonyl (C=O) groups excluding carboxylic acids is 1. The molecule has 2 N–H and O–H groups in total. The molecule has 0 unspecified atom stereocenters. The van der Waals surface area contributed by atoms with Gasteiger partial charge in [-0.1, -0.05) is 24.3 Å². The summed E-state index contributed by atoms with van der Waals surface area (Å²) >= 11 is 2.17. The van der Waals surface area contributed by atoms with Crippen molar-refractivity contribution < 1.29 is 4.79 Å².